The maximum atomic E-state index is 12.9. The maximum absolute atomic E-state index is 12.9. The summed E-state index contributed by atoms with van der Waals surface area (Å²) < 4.78 is 27.1. The molecule has 2 amide bonds. The van der Waals surface area contributed by atoms with Gasteiger partial charge in [0.2, 0.25) is 10.0 Å². The van der Waals surface area contributed by atoms with Crippen molar-refractivity contribution in [3.05, 3.63) is 58.1 Å². The number of halogens is 1. The van der Waals surface area contributed by atoms with E-state index in [0.717, 1.165) is 0 Å². The fraction of sp³-hybridized carbons (Fsp3) is 0.300. The van der Waals surface area contributed by atoms with Crippen LogP contribution in [-0.2, 0) is 10.0 Å². The second-order valence-corrected chi connectivity index (χ2v) is 8.64. The topological polar surface area (TPSA) is 95.6 Å². The molecule has 0 aliphatic carbocycles. The van der Waals surface area contributed by atoms with Crippen molar-refractivity contribution in [1.82, 2.24) is 9.62 Å². The highest BCUT2D eigenvalue weighted by atomic mass is 35.5. The first-order chi connectivity index (χ1) is 13.6. The Balaban J connectivity index is 2.44. The van der Waals surface area contributed by atoms with Crippen LogP contribution in [0, 0.1) is 6.92 Å². The van der Waals surface area contributed by atoms with Gasteiger partial charge in [-0.25, -0.2) is 8.42 Å². The summed E-state index contributed by atoms with van der Waals surface area (Å²) in [5, 5.41) is 5.49. The van der Waals surface area contributed by atoms with Gasteiger partial charge in [-0.3, -0.25) is 9.59 Å². The van der Waals surface area contributed by atoms with Crippen LogP contribution in [0.5, 0.6) is 0 Å². The van der Waals surface area contributed by atoms with Crippen LogP contribution in [0.3, 0.4) is 0 Å². The van der Waals surface area contributed by atoms with Crippen molar-refractivity contribution in [1.29, 1.82) is 0 Å². The smallest absolute Gasteiger partial charge is 0.255 e. The second kappa shape index (κ2) is 9.39. The molecule has 0 aliphatic heterocycles. The number of aryl methyl sites for hydroxylation is 1. The van der Waals surface area contributed by atoms with E-state index in [2.05, 4.69) is 10.6 Å². The molecule has 2 aromatic rings. The number of hydrogen-bond donors (Lipinski definition) is 2. The molecular formula is C20H24ClN3O4S. The molecular weight excluding hydrogens is 414 g/mol. The van der Waals surface area contributed by atoms with Gasteiger partial charge in [-0.15, -0.1) is 0 Å². The molecule has 0 aromatic heterocycles. The Kier molecular flexibility index (Phi) is 7.40. The number of carbonyl (C=O) groups is 2. The highest BCUT2D eigenvalue weighted by Crippen LogP contribution is 2.24. The van der Waals surface area contributed by atoms with Crippen molar-refractivity contribution in [2.75, 3.05) is 25.5 Å². The van der Waals surface area contributed by atoms with E-state index in [9.17, 15) is 18.0 Å². The molecule has 2 N–H and O–H groups in total. The predicted octanol–water partition coefficient (Wildman–Crippen LogP) is 3.29. The van der Waals surface area contributed by atoms with Crippen LogP contribution in [0.15, 0.2) is 41.3 Å². The zero-order chi connectivity index (χ0) is 21.8. The molecule has 0 heterocycles. The summed E-state index contributed by atoms with van der Waals surface area (Å²) in [7, 11) is -2.25. The molecule has 0 atom stereocenters. The quantitative estimate of drug-likeness (QED) is 0.694. The summed E-state index contributed by atoms with van der Waals surface area (Å²) in [6.45, 7) is 5.84. The van der Waals surface area contributed by atoms with Gasteiger partial charge in [0.15, 0.2) is 0 Å². The number of benzene rings is 2. The largest absolute Gasteiger partial charge is 0.355 e. The van der Waals surface area contributed by atoms with Gasteiger partial charge in [-0.1, -0.05) is 31.5 Å². The van der Waals surface area contributed by atoms with Crippen molar-refractivity contribution < 1.29 is 18.0 Å². The molecule has 2 aromatic carbocycles. The number of hydrogen-bond acceptors (Lipinski definition) is 4. The van der Waals surface area contributed by atoms with Crippen LogP contribution in [0.4, 0.5) is 5.69 Å². The van der Waals surface area contributed by atoms with Crippen molar-refractivity contribution in [2.24, 2.45) is 0 Å². The van der Waals surface area contributed by atoms with E-state index >= 15 is 0 Å². The van der Waals surface area contributed by atoms with Crippen LogP contribution in [0.1, 0.15) is 40.1 Å². The Morgan fingerprint density at radius 1 is 1.03 bits per heavy atom. The molecule has 0 fully saturated rings. The van der Waals surface area contributed by atoms with E-state index in [1.165, 1.54) is 35.6 Å². The Morgan fingerprint density at radius 2 is 1.69 bits per heavy atom. The lowest BCUT2D eigenvalue weighted by atomic mass is 10.1. The molecule has 0 aliphatic rings. The first-order valence-electron chi connectivity index (χ1n) is 9.09. The normalized spacial score (nSPS) is 11.4. The minimum Gasteiger partial charge on any atom is -0.355 e. The highest BCUT2D eigenvalue weighted by Gasteiger charge is 2.25. The van der Waals surface area contributed by atoms with Gasteiger partial charge in [0.05, 0.1) is 16.1 Å². The Hall–Kier alpha value is -2.42. The van der Waals surface area contributed by atoms with Crippen LogP contribution in [-0.4, -0.2) is 44.7 Å². The average Bonchev–Trinajstić information content (AvgIpc) is 2.68. The monoisotopic (exact) mass is 437 g/mol. The van der Waals surface area contributed by atoms with E-state index in [1.54, 1.807) is 32.9 Å². The van der Waals surface area contributed by atoms with Crippen molar-refractivity contribution >= 4 is 39.1 Å². The summed E-state index contributed by atoms with van der Waals surface area (Å²) in [5.74, 6) is -0.931. The van der Waals surface area contributed by atoms with Gasteiger partial charge in [0.1, 0.15) is 0 Å². The van der Waals surface area contributed by atoms with E-state index < -0.39 is 15.9 Å². The van der Waals surface area contributed by atoms with Crippen LogP contribution < -0.4 is 10.6 Å². The summed E-state index contributed by atoms with van der Waals surface area (Å²) in [5.41, 5.74) is 1.18. The maximum Gasteiger partial charge on any atom is 0.255 e. The predicted molar refractivity (Wildman–Crippen MR) is 114 cm³/mol. The molecule has 0 saturated carbocycles. The van der Waals surface area contributed by atoms with Gasteiger partial charge in [-0.05, 0) is 42.8 Å². The first kappa shape index (κ1) is 22.9. The number of amides is 2. The van der Waals surface area contributed by atoms with Crippen molar-refractivity contribution in [3.63, 3.8) is 0 Å². The molecule has 0 saturated heterocycles. The van der Waals surface area contributed by atoms with Crippen molar-refractivity contribution in [2.45, 2.75) is 25.7 Å². The van der Waals surface area contributed by atoms with Crippen LogP contribution in [0.25, 0.3) is 0 Å². The SMILES string of the molecule is CCN(CC)S(=O)(=O)c1cc(C(=O)Nc2cc(Cl)ccc2C(=O)NC)ccc1C. The number of nitrogens with zero attached hydrogens (tertiary/aromatic N) is 1. The summed E-state index contributed by atoms with van der Waals surface area (Å²) in [4.78, 5) is 24.9. The molecule has 29 heavy (non-hydrogen) atoms. The number of nitrogens with one attached hydrogen (secondary N) is 2. The highest BCUT2D eigenvalue weighted by molar-refractivity contribution is 7.89. The second-order valence-electron chi connectivity index (χ2n) is 6.29. The number of rotatable bonds is 7. The fourth-order valence-electron chi connectivity index (χ4n) is 2.87. The fourth-order valence-corrected chi connectivity index (χ4v) is 4.75. The number of carbonyl (C=O) groups excluding carboxylic acids is 2. The number of sulfonamides is 1. The van der Waals surface area contributed by atoms with Crippen molar-refractivity contribution in [3.8, 4) is 0 Å². The Bertz CT molecular complexity index is 1030. The minimum atomic E-state index is -3.72. The Labute approximate surface area is 176 Å². The average molecular weight is 438 g/mol. The minimum absolute atomic E-state index is 0.0754. The van der Waals surface area contributed by atoms with Gasteiger partial charge >= 0.3 is 0 Å². The summed E-state index contributed by atoms with van der Waals surface area (Å²) in [6, 6.07) is 8.98. The van der Waals surface area contributed by atoms with E-state index in [-0.39, 0.29) is 27.6 Å². The Morgan fingerprint density at radius 3 is 2.28 bits per heavy atom. The third-order valence-electron chi connectivity index (χ3n) is 4.48. The van der Waals surface area contributed by atoms with Crippen LogP contribution in [0.2, 0.25) is 5.02 Å². The van der Waals surface area contributed by atoms with Gasteiger partial charge in [0, 0.05) is 30.7 Å². The van der Waals surface area contributed by atoms with Crippen LogP contribution >= 0.6 is 11.6 Å². The lowest BCUT2D eigenvalue weighted by molar-refractivity contribution is 0.0964. The van der Waals surface area contributed by atoms with E-state index in [0.29, 0.717) is 23.7 Å². The summed E-state index contributed by atoms with van der Waals surface area (Å²) in [6.07, 6.45) is 0. The molecule has 0 bridgehead atoms. The van der Waals surface area contributed by atoms with E-state index in [1.807, 2.05) is 0 Å². The molecule has 0 radical (unpaired) electrons. The lowest BCUT2D eigenvalue weighted by Gasteiger charge is -2.20. The third-order valence-corrected chi connectivity index (χ3v) is 6.90. The molecule has 0 unspecified atom stereocenters. The lowest BCUT2D eigenvalue weighted by Crippen LogP contribution is -2.31. The summed E-state index contributed by atoms with van der Waals surface area (Å²) >= 11 is 6.00. The van der Waals surface area contributed by atoms with Gasteiger partial charge < -0.3 is 10.6 Å². The number of anilines is 1. The molecule has 9 heteroatoms. The molecule has 156 valence electrons. The molecule has 0 spiro atoms. The third kappa shape index (κ3) is 4.95. The first-order valence-corrected chi connectivity index (χ1v) is 10.9. The van der Waals surface area contributed by atoms with Gasteiger partial charge in [0.25, 0.3) is 11.8 Å². The molecule has 7 nitrogen and oxygen atoms in total. The van der Waals surface area contributed by atoms with E-state index in [4.69, 9.17) is 11.6 Å². The van der Waals surface area contributed by atoms with Gasteiger partial charge in [-0.2, -0.15) is 4.31 Å². The zero-order valence-electron chi connectivity index (χ0n) is 16.7. The zero-order valence-corrected chi connectivity index (χ0v) is 18.3. The standard InChI is InChI=1S/C20H24ClN3O4S/c1-5-24(6-2)29(27,28)18-11-14(8-7-13(18)3)19(25)23-17-12-15(21)9-10-16(17)20(26)22-4/h7-12H,5-6H2,1-4H3,(H,22,26)(H,23,25). The molecule has 2 rings (SSSR count).